The van der Waals surface area contributed by atoms with E-state index in [2.05, 4.69) is 13.8 Å². The summed E-state index contributed by atoms with van der Waals surface area (Å²) >= 11 is 0. The van der Waals surface area contributed by atoms with Crippen molar-refractivity contribution in [3.05, 3.63) is 0 Å². The monoisotopic (exact) mass is 237 g/mol. The van der Waals surface area contributed by atoms with Crippen LogP contribution in [0.3, 0.4) is 0 Å². The van der Waals surface area contributed by atoms with Crippen molar-refractivity contribution < 1.29 is 4.74 Å². The first-order valence-corrected chi connectivity index (χ1v) is 7.40. The molecule has 0 radical (unpaired) electrons. The van der Waals surface area contributed by atoms with E-state index in [4.69, 9.17) is 10.5 Å². The number of hydrogen-bond donors (Lipinski definition) is 1. The quantitative estimate of drug-likeness (QED) is 0.815. The third kappa shape index (κ3) is 2.26. The van der Waals surface area contributed by atoms with Gasteiger partial charge < -0.3 is 10.5 Å². The molecule has 0 aromatic carbocycles. The average molecular weight is 237 g/mol. The molecule has 2 nitrogen and oxygen atoms in total. The first kappa shape index (κ1) is 12.0. The van der Waals surface area contributed by atoms with E-state index in [-0.39, 0.29) is 11.2 Å². The Bertz CT molecular complexity index is 262. The second-order valence-corrected chi connectivity index (χ2v) is 7.50. The Hall–Kier alpha value is -0.0800. The largest absolute Gasteiger partial charge is 0.369 e. The maximum Gasteiger partial charge on any atom is 0.0697 e. The Morgan fingerprint density at radius 1 is 1.06 bits per heavy atom. The van der Waals surface area contributed by atoms with E-state index in [9.17, 15) is 0 Å². The lowest BCUT2D eigenvalue weighted by molar-refractivity contribution is -0.216. The zero-order valence-corrected chi connectivity index (χ0v) is 11.4. The molecule has 17 heavy (non-hydrogen) atoms. The molecule has 0 aromatic heterocycles. The minimum absolute atomic E-state index is 0.0274. The standard InChI is InChI=1S/C15H27NO/c1-14(2,3-4-16)17-15-8-11-5-12(9-15)7-13(6-11)10-15/h11-13H,3-10,16H2,1-2H3. The van der Waals surface area contributed by atoms with Gasteiger partial charge in [-0.1, -0.05) is 0 Å². The molecule has 0 atom stereocenters. The van der Waals surface area contributed by atoms with Crippen LogP contribution in [-0.4, -0.2) is 17.7 Å². The molecule has 0 aromatic rings. The first-order valence-electron chi connectivity index (χ1n) is 7.40. The topological polar surface area (TPSA) is 35.2 Å². The summed E-state index contributed by atoms with van der Waals surface area (Å²) in [4.78, 5) is 0. The van der Waals surface area contributed by atoms with E-state index in [1.54, 1.807) is 0 Å². The Kier molecular flexibility index (Phi) is 2.79. The van der Waals surface area contributed by atoms with Gasteiger partial charge in [0, 0.05) is 0 Å². The summed E-state index contributed by atoms with van der Waals surface area (Å²) in [5.41, 5.74) is 5.90. The van der Waals surface area contributed by atoms with Crippen molar-refractivity contribution in [1.82, 2.24) is 0 Å². The lowest BCUT2D eigenvalue weighted by Gasteiger charge is -2.58. The second-order valence-electron chi connectivity index (χ2n) is 7.50. The normalized spacial score (nSPS) is 44.3. The van der Waals surface area contributed by atoms with Crippen molar-refractivity contribution in [3.63, 3.8) is 0 Å². The first-order chi connectivity index (χ1) is 8.00. The Morgan fingerprint density at radius 3 is 1.94 bits per heavy atom. The fraction of sp³-hybridized carbons (Fsp3) is 1.00. The predicted octanol–water partition coefficient (Wildman–Crippen LogP) is 3.10. The molecule has 4 fully saturated rings. The van der Waals surface area contributed by atoms with Gasteiger partial charge in [-0.3, -0.25) is 0 Å². The van der Waals surface area contributed by atoms with E-state index >= 15 is 0 Å². The summed E-state index contributed by atoms with van der Waals surface area (Å²) in [6.45, 7) is 5.18. The Morgan fingerprint density at radius 2 is 1.53 bits per heavy atom. The summed E-state index contributed by atoms with van der Waals surface area (Å²) in [5, 5.41) is 0. The average Bonchev–Trinajstić information content (AvgIpc) is 2.11. The molecule has 4 bridgehead atoms. The Balaban J connectivity index is 1.74. The van der Waals surface area contributed by atoms with E-state index in [1.165, 1.54) is 38.5 Å². The molecular weight excluding hydrogens is 210 g/mol. The lowest BCUT2D eigenvalue weighted by Crippen LogP contribution is -2.55. The number of nitrogens with two attached hydrogens (primary N) is 1. The molecule has 4 saturated carbocycles. The highest BCUT2D eigenvalue weighted by Gasteiger charge is 2.53. The summed E-state index contributed by atoms with van der Waals surface area (Å²) in [7, 11) is 0. The van der Waals surface area contributed by atoms with Crippen molar-refractivity contribution in [1.29, 1.82) is 0 Å². The number of rotatable bonds is 4. The molecule has 4 aliphatic carbocycles. The van der Waals surface area contributed by atoms with Gasteiger partial charge in [-0.15, -0.1) is 0 Å². The van der Waals surface area contributed by atoms with Gasteiger partial charge in [0.15, 0.2) is 0 Å². The molecule has 2 heteroatoms. The number of hydrogen-bond acceptors (Lipinski definition) is 2. The third-order valence-electron chi connectivity index (χ3n) is 5.22. The zero-order valence-electron chi connectivity index (χ0n) is 11.4. The van der Waals surface area contributed by atoms with Crippen LogP contribution in [0.25, 0.3) is 0 Å². The summed E-state index contributed by atoms with van der Waals surface area (Å²) in [6.07, 6.45) is 9.42. The van der Waals surface area contributed by atoms with Gasteiger partial charge in [-0.05, 0) is 83.1 Å². The van der Waals surface area contributed by atoms with Crippen LogP contribution in [0.2, 0.25) is 0 Å². The van der Waals surface area contributed by atoms with Crippen molar-refractivity contribution in [3.8, 4) is 0 Å². The molecule has 0 spiro atoms. The van der Waals surface area contributed by atoms with Crippen LogP contribution in [0.5, 0.6) is 0 Å². The molecule has 4 aliphatic rings. The highest BCUT2D eigenvalue weighted by molar-refractivity contribution is 5.04. The molecule has 98 valence electrons. The maximum atomic E-state index is 6.60. The van der Waals surface area contributed by atoms with Crippen molar-refractivity contribution in [2.75, 3.05) is 6.54 Å². The highest BCUT2D eigenvalue weighted by Crippen LogP contribution is 2.58. The lowest BCUT2D eigenvalue weighted by atomic mass is 9.54. The summed E-state index contributed by atoms with van der Waals surface area (Å²) < 4.78 is 6.60. The molecule has 0 unspecified atom stereocenters. The molecule has 2 N–H and O–H groups in total. The van der Waals surface area contributed by atoms with E-state index in [0.29, 0.717) is 0 Å². The van der Waals surface area contributed by atoms with Gasteiger partial charge in [0.05, 0.1) is 11.2 Å². The minimum Gasteiger partial charge on any atom is -0.369 e. The minimum atomic E-state index is -0.0274. The second kappa shape index (κ2) is 3.96. The van der Waals surface area contributed by atoms with E-state index in [1.807, 2.05) is 0 Å². The van der Waals surface area contributed by atoms with Crippen LogP contribution in [-0.2, 0) is 4.74 Å². The van der Waals surface area contributed by atoms with Crippen LogP contribution in [0.15, 0.2) is 0 Å². The van der Waals surface area contributed by atoms with Crippen LogP contribution in [0.1, 0.15) is 58.8 Å². The fourth-order valence-electron chi connectivity index (χ4n) is 5.14. The van der Waals surface area contributed by atoms with Gasteiger partial charge in [-0.25, -0.2) is 0 Å². The molecule has 4 rings (SSSR count). The van der Waals surface area contributed by atoms with Gasteiger partial charge >= 0.3 is 0 Å². The molecule has 0 aliphatic heterocycles. The Labute approximate surface area is 105 Å². The predicted molar refractivity (Wildman–Crippen MR) is 69.7 cm³/mol. The van der Waals surface area contributed by atoms with Crippen molar-refractivity contribution in [2.45, 2.75) is 70.0 Å². The van der Waals surface area contributed by atoms with Gasteiger partial charge in [0.25, 0.3) is 0 Å². The summed E-state index contributed by atoms with van der Waals surface area (Å²) in [6, 6.07) is 0. The zero-order chi connectivity index (χ0) is 12.1. The van der Waals surface area contributed by atoms with E-state index < -0.39 is 0 Å². The highest BCUT2D eigenvalue weighted by atomic mass is 16.5. The van der Waals surface area contributed by atoms with Gasteiger partial charge in [0.2, 0.25) is 0 Å². The molecule has 0 saturated heterocycles. The van der Waals surface area contributed by atoms with Crippen LogP contribution < -0.4 is 5.73 Å². The van der Waals surface area contributed by atoms with Gasteiger partial charge in [0.1, 0.15) is 0 Å². The molecule has 0 amide bonds. The molecule has 0 heterocycles. The van der Waals surface area contributed by atoms with Gasteiger partial charge in [-0.2, -0.15) is 0 Å². The molecular formula is C15H27NO. The fourth-order valence-corrected chi connectivity index (χ4v) is 5.14. The van der Waals surface area contributed by atoms with Crippen LogP contribution in [0, 0.1) is 17.8 Å². The van der Waals surface area contributed by atoms with Crippen LogP contribution in [0.4, 0.5) is 0 Å². The smallest absolute Gasteiger partial charge is 0.0697 e. The SMILES string of the molecule is CC(C)(CCN)OC12CC3CC(CC(C3)C1)C2. The van der Waals surface area contributed by atoms with Crippen LogP contribution >= 0.6 is 0 Å². The maximum absolute atomic E-state index is 6.60. The third-order valence-corrected chi connectivity index (χ3v) is 5.22. The van der Waals surface area contributed by atoms with Crippen molar-refractivity contribution in [2.24, 2.45) is 23.5 Å². The van der Waals surface area contributed by atoms with E-state index in [0.717, 1.165) is 30.7 Å². The van der Waals surface area contributed by atoms with Crippen molar-refractivity contribution >= 4 is 0 Å². The summed E-state index contributed by atoms with van der Waals surface area (Å²) in [5.74, 6) is 2.90. The number of ether oxygens (including phenoxy) is 1.